The Labute approximate surface area is 231 Å². The molecule has 0 N–H and O–H groups in total. The average molecular weight is 540 g/mol. The molecule has 2 aliphatic rings. The molecule has 0 spiro atoms. The summed E-state index contributed by atoms with van der Waals surface area (Å²) in [6.07, 6.45) is 2.67. The molecule has 2 heterocycles. The summed E-state index contributed by atoms with van der Waals surface area (Å²) < 4.78 is 23.0. The van der Waals surface area contributed by atoms with Gasteiger partial charge in [0.05, 0.1) is 32.5 Å². The van der Waals surface area contributed by atoms with Gasteiger partial charge in [0.25, 0.3) is 0 Å². The van der Waals surface area contributed by atoms with Gasteiger partial charge in [-0.15, -0.1) is 0 Å². The number of hydrogen-bond donors (Lipinski definition) is 0. The van der Waals surface area contributed by atoms with Crippen LogP contribution in [0.4, 0.5) is 11.5 Å². The van der Waals surface area contributed by atoms with Crippen molar-refractivity contribution < 1.29 is 28.5 Å². The molecule has 39 heavy (non-hydrogen) atoms. The number of aromatic nitrogens is 1. The molecular formula is C30H41N3O6. The SMILES string of the molecule is CCOC(=O)C(CC)(CC)N(C=O)c1ccc(N2CC(OC)C2)c(OC[C@H]2C[C@@H]2COCc2ccccc2)n1. The lowest BCUT2D eigenvalue weighted by atomic mass is 9.91. The lowest BCUT2D eigenvalue weighted by molar-refractivity contribution is -0.150. The molecule has 0 unspecified atom stereocenters. The van der Waals surface area contributed by atoms with Gasteiger partial charge in [0.2, 0.25) is 12.3 Å². The molecule has 4 rings (SSSR count). The van der Waals surface area contributed by atoms with Crippen molar-refractivity contribution in [2.45, 2.75) is 58.3 Å². The third kappa shape index (κ3) is 6.53. The van der Waals surface area contributed by atoms with Gasteiger partial charge in [-0.3, -0.25) is 9.69 Å². The van der Waals surface area contributed by atoms with Gasteiger partial charge in [0.1, 0.15) is 17.0 Å². The summed E-state index contributed by atoms with van der Waals surface area (Å²) in [6.45, 7) is 9.03. The van der Waals surface area contributed by atoms with Gasteiger partial charge in [-0.2, -0.15) is 4.98 Å². The molecule has 2 aromatic rings. The van der Waals surface area contributed by atoms with Crippen LogP contribution in [-0.4, -0.2) is 69.0 Å². The van der Waals surface area contributed by atoms with Crippen LogP contribution in [0.1, 0.15) is 45.6 Å². The third-order valence-corrected chi connectivity index (χ3v) is 7.93. The van der Waals surface area contributed by atoms with Crippen LogP contribution in [0.5, 0.6) is 5.88 Å². The lowest BCUT2D eigenvalue weighted by Gasteiger charge is -2.41. The molecule has 212 valence electrons. The Morgan fingerprint density at radius 1 is 1.08 bits per heavy atom. The van der Waals surface area contributed by atoms with Crippen LogP contribution in [0.3, 0.4) is 0 Å². The molecule has 1 aromatic heterocycles. The smallest absolute Gasteiger partial charge is 0.332 e. The molecule has 1 aliphatic heterocycles. The number of methoxy groups -OCH3 is 1. The monoisotopic (exact) mass is 539 g/mol. The average Bonchev–Trinajstić information content (AvgIpc) is 3.69. The topological polar surface area (TPSA) is 90.4 Å². The van der Waals surface area contributed by atoms with Gasteiger partial charge < -0.3 is 23.8 Å². The molecule has 1 saturated carbocycles. The minimum Gasteiger partial charge on any atom is -0.476 e. The zero-order valence-electron chi connectivity index (χ0n) is 23.5. The number of esters is 1. The van der Waals surface area contributed by atoms with Crippen LogP contribution in [0.25, 0.3) is 0 Å². The van der Waals surface area contributed by atoms with Gasteiger partial charge in [-0.1, -0.05) is 44.2 Å². The van der Waals surface area contributed by atoms with E-state index in [-0.39, 0.29) is 12.7 Å². The molecule has 9 heteroatoms. The maximum atomic E-state index is 13.0. The first-order chi connectivity index (χ1) is 19.0. The predicted octanol–water partition coefficient (Wildman–Crippen LogP) is 4.23. The summed E-state index contributed by atoms with van der Waals surface area (Å²) in [5.74, 6) is 1.22. The summed E-state index contributed by atoms with van der Waals surface area (Å²) >= 11 is 0. The first kappa shape index (κ1) is 28.8. The molecule has 0 radical (unpaired) electrons. The van der Waals surface area contributed by atoms with E-state index in [4.69, 9.17) is 23.9 Å². The van der Waals surface area contributed by atoms with E-state index < -0.39 is 11.5 Å². The fourth-order valence-electron chi connectivity index (χ4n) is 5.11. The van der Waals surface area contributed by atoms with Crippen molar-refractivity contribution >= 4 is 23.9 Å². The van der Waals surface area contributed by atoms with E-state index in [1.165, 1.54) is 10.5 Å². The quantitative estimate of drug-likeness (QED) is 0.231. The van der Waals surface area contributed by atoms with Gasteiger partial charge in [-0.25, -0.2) is 4.79 Å². The highest BCUT2D eigenvalue weighted by Gasteiger charge is 2.44. The van der Waals surface area contributed by atoms with Crippen LogP contribution < -0.4 is 14.5 Å². The number of carbonyl (C=O) groups is 2. The third-order valence-electron chi connectivity index (χ3n) is 7.93. The van der Waals surface area contributed by atoms with E-state index in [0.717, 1.165) is 25.2 Å². The molecule has 1 amide bonds. The second kappa shape index (κ2) is 13.3. The lowest BCUT2D eigenvalue weighted by Crippen LogP contribution is -2.55. The van der Waals surface area contributed by atoms with E-state index >= 15 is 0 Å². The maximum absolute atomic E-state index is 13.0. The number of anilines is 2. The van der Waals surface area contributed by atoms with E-state index in [1.54, 1.807) is 20.1 Å². The number of ether oxygens (including phenoxy) is 4. The molecule has 0 bridgehead atoms. The normalized spacial score (nSPS) is 18.8. The first-order valence-electron chi connectivity index (χ1n) is 13.9. The summed E-state index contributed by atoms with van der Waals surface area (Å²) in [7, 11) is 1.71. The Morgan fingerprint density at radius 2 is 1.79 bits per heavy atom. The zero-order valence-corrected chi connectivity index (χ0v) is 23.5. The van der Waals surface area contributed by atoms with Crippen molar-refractivity contribution in [1.82, 2.24) is 4.98 Å². The van der Waals surface area contributed by atoms with Crippen molar-refractivity contribution in [2.24, 2.45) is 11.8 Å². The van der Waals surface area contributed by atoms with E-state index in [9.17, 15) is 9.59 Å². The molecule has 2 atom stereocenters. The van der Waals surface area contributed by atoms with Gasteiger partial charge in [0.15, 0.2) is 0 Å². The van der Waals surface area contributed by atoms with E-state index in [1.807, 2.05) is 38.1 Å². The second-order valence-corrected chi connectivity index (χ2v) is 10.3. The van der Waals surface area contributed by atoms with Crippen molar-refractivity contribution in [3.8, 4) is 5.88 Å². The first-order valence-corrected chi connectivity index (χ1v) is 13.9. The van der Waals surface area contributed by atoms with Crippen molar-refractivity contribution in [2.75, 3.05) is 49.8 Å². The number of carbonyl (C=O) groups excluding carboxylic acids is 2. The summed E-state index contributed by atoms with van der Waals surface area (Å²) in [6, 6.07) is 13.8. The van der Waals surface area contributed by atoms with Gasteiger partial charge >= 0.3 is 5.97 Å². The summed E-state index contributed by atoms with van der Waals surface area (Å²) in [4.78, 5) is 33.7. The predicted molar refractivity (Wildman–Crippen MR) is 149 cm³/mol. The Balaban J connectivity index is 1.47. The Morgan fingerprint density at radius 3 is 2.44 bits per heavy atom. The van der Waals surface area contributed by atoms with Crippen LogP contribution in [0.2, 0.25) is 0 Å². The zero-order chi connectivity index (χ0) is 27.8. The Hall–Kier alpha value is -3.17. The van der Waals surface area contributed by atoms with Crippen molar-refractivity contribution in [3.05, 3.63) is 48.0 Å². The molecule has 1 saturated heterocycles. The molecule has 9 nitrogen and oxygen atoms in total. The molecule has 1 aromatic carbocycles. The molecule has 1 aliphatic carbocycles. The van der Waals surface area contributed by atoms with Crippen LogP contribution in [-0.2, 0) is 30.4 Å². The maximum Gasteiger partial charge on any atom is 0.332 e. The molecular weight excluding hydrogens is 498 g/mol. The van der Waals surface area contributed by atoms with Crippen molar-refractivity contribution in [1.29, 1.82) is 0 Å². The number of pyridine rings is 1. The van der Waals surface area contributed by atoms with Crippen LogP contribution in [0.15, 0.2) is 42.5 Å². The number of benzene rings is 1. The minimum absolute atomic E-state index is 0.162. The summed E-state index contributed by atoms with van der Waals surface area (Å²) in [5.41, 5.74) is 0.877. The Kier molecular flexibility index (Phi) is 9.80. The summed E-state index contributed by atoms with van der Waals surface area (Å²) in [5, 5.41) is 0. The fourth-order valence-corrected chi connectivity index (χ4v) is 5.11. The van der Waals surface area contributed by atoms with Crippen LogP contribution >= 0.6 is 0 Å². The van der Waals surface area contributed by atoms with E-state index in [0.29, 0.717) is 62.6 Å². The highest BCUT2D eigenvalue weighted by Crippen LogP contribution is 2.41. The van der Waals surface area contributed by atoms with Gasteiger partial charge in [-0.05, 0) is 55.7 Å². The number of rotatable bonds is 16. The van der Waals surface area contributed by atoms with Crippen LogP contribution in [0, 0.1) is 11.8 Å². The second-order valence-electron chi connectivity index (χ2n) is 10.3. The number of hydrogen-bond acceptors (Lipinski definition) is 8. The van der Waals surface area contributed by atoms with Crippen molar-refractivity contribution in [3.63, 3.8) is 0 Å². The number of amides is 1. The number of nitrogens with zero attached hydrogens (tertiary/aromatic N) is 3. The fraction of sp³-hybridized carbons (Fsp3) is 0.567. The minimum atomic E-state index is -1.14. The largest absolute Gasteiger partial charge is 0.476 e. The Bertz CT molecular complexity index is 1090. The highest BCUT2D eigenvalue weighted by atomic mass is 16.5. The highest BCUT2D eigenvalue weighted by molar-refractivity contribution is 5.92. The van der Waals surface area contributed by atoms with E-state index in [2.05, 4.69) is 17.0 Å². The molecule has 2 fully saturated rings. The van der Waals surface area contributed by atoms with Gasteiger partial charge in [0, 0.05) is 20.2 Å². The standard InChI is InChI=1S/C30H41N3O6/c1-5-30(6-2,29(35)38-7-3)33(21-34)27-14-13-26(32-16-25(17-32)36-4)28(31-27)39-20-24-15-23(24)19-37-18-22-11-9-8-10-12-22/h8-14,21,23-25H,5-7,15-20H2,1-4H3/t23-,24-/m1/s1.